The van der Waals surface area contributed by atoms with Crippen molar-refractivity contribution < 1.29 is 19.4 Å². The quantitative estimate of drug-likeness (QED) is 0.701. The Hall–Kier alpha value is -1.92. The Kier molecular flexibility index (Phi) is 4.70. The fourth-order valence-electron chi connectivity index (χ4n) is 2.25. The average Bonchev–Trinajstić information content (AvgIpc) is 2.46. The first-order valence-corrected chi connectivity index (χ1v) is 6.44. The molecule has 1 aliphatic heterocycles. The van der Waals surface area contributed by atoms with E-state index in [4.69, 9.17) is 9.84 Å². The number of benzene rings is 1. The van der Waals surface area contributed by atoms with Crippen molar-refractivity contribution in [2.75, 3.05) is 13.7 Å². The maximum Gasteiger partial charge on any atom is 0.328 e. The van der Waals surface area contributed by atoms with Crippen LogP contribution in [0.4, 0.5) is 0 Å². The molecule has 1 aliphatic rings. The number of carboxylic acids is 1. The number of rotatable bonds is 5. The Morgan fingerprint density at radius 1 is 1.45 bits per heavy atom. The van der Waals surface area contributed by atoms with Gasteiger partial charge in [0.2, 0.25) is 5.91 Å². The number of hydrogen-bond acceptors (Lipinski definition) is 4. The van der Waals surface area contributed by atoms with E-state index in [1.54, 1.807) is 0 Å². The van der Waals surface area contributed by atoms with Gasteiger partial charge in [-0.25, -0.2) is 4.79 Å². The zero-order chi connectivity index (χ0) is 14.5. The minimum Gasteiger partial charge on any atom is -0.480 e. The molecule has 3 N–H and O–H groups in total. The smallest absolute Gasteiger partial charge is 0.328 e. The molecule has 1 unspecified atom stereocenters. The second-order valence-corrected chi connectivity index (χ2v) is 4.76. The Balaban J connectivity index is 1.99. The van der Waals surface area contributed by atoms with E-state index >= 15 is 0 Å². The summed E-state index contributed by atoms with van der Waals surface area (Å²) in [6.07, 6.45) is 0.557. The van der Waals surface area contributed by atoms with E-state index in [0.717, 1.165) is 5.56 Å². The van der Waals surface area contributed by atoms with Crippen molar-refractivity contribution in [2.24, 2.45) is 0 Å². The molecule has 1 amide bonds. The van der Waals surface area contributed by atoms with Gasteiger partial charge in [-0.1, -0.05) is 24.3 Å². The van der Waals surface area contributed by atoms with Crippen LogP contribution in [-0.4, -0.2) is 42.8 Å². The molecule has 1 heterocycles. The minimum atomic E-state index is -1.10. The lowest BCUT2D eigenvalue weighted by Crippen LogP contribution is -2.53. The van der Waals surface area contributed by atoms with Gasteiger partial charge in [-0.3, -0.25) is 4.79 Å². The van der Waals surface area contributed by atoms with Crippen LogP contribution in [0.15, 0.2) is 24.3 Å². The fourth-order valence-corrected chi connectivity index (χ4v) is 2.25. The molecular weight excluding hydrogens is 260 g/mol. The summed E-state index contributed by atoms with van der Waals surface area (Å²) in [5.41, 5.74) is 2.29. The number of fused-ring (bicyclic) bond motifs is 1. The highest BCUT2D eigenvalue weighted by molar-refractivity contribution is 5.87. The van der Waals surface area contributed by atoms with Gasteiger partial charge in [0.25, 0.3) is 0 Å². The molecule has 2 rings (SSSR count). The first-order valence-electron chi connectivity index (χ1n) is 6.44. The molecule has 6 nitrogen and oxygen atoms in total. The van der Waals surface area contributed by atoms with Crippen LogP contribution in [0, 0.1) is 0 Å². The Bertz CT molecular complexity index is 504. The summed E-state index contributed by atoms with van der Waals surface area (Å²) in [5.74, 6) is -1.42. The summed E-state index contributed by atoms with van der Waals surface area (Å²) >= 11 is 0. The highest BCUT2D eigenvalue weighted by Gasteiger charge is 2.27. The number of carbonyl (C=O) groups is 2. The SMILES string of the molecule is COCC(NC(=O)[C@@H]1Cc2ccccc2CN1)C(=O)O. The zero-order valence-corrected chi connectivity index (χ0v) is 11.3. The number of carboxylic acid groups (broad SMARTS) is 1. The fraction of sp³-hybridized carbons (Fsp3) is 0.429. The van der Waals surface area contributed by atoms with Crippen molar-refractivity contribution in [1.29, 1.82) is 0 Å². The normalized spacial score (nSPS) is 18.9. The second kappa shape index (κ2) is 6.49. The van der Waals surface area contributed by atoms with Crippen LogP contribution in [0.1, 0.15) is 11.1 Å². The third-order valence-electron chi connectivity index (χ3n) is 3.35. The van der Waals surface area contributed by atoms with Gasteiger partial charge in [0.15, 0.2) is 6.04 Å². The van der Waals surface area contributed by atoms with Crippen LogP contribution < -0.4 is 10.6 Å². The molecule has 0 aliphatic carbocycles. The molecule has 0 radical (unpaired) electrons. The topological polar surface area (TPSA) is 87.7 Å². The minimum absolute atomic E-state index is 0.0512. The van der Waals surface area contributed by atoms with Crippen molar-refractivity contribution >= 4 is 11.9 Å². The molecule has 108 valence electrons. The summed E-state index contributed by atoms with van der Waals surface area (Å²) in [6, 6.07) is 6.46. The molecule has 6 heteroatoms. The van der Waals surface area contributed by atoms with E-state index in [9.17, 15) is 9.59 Å². The predicted molar refractivity (Wildman–Crippen MR) is 72.2 cm³/mol. The van der Waals surface area contributed by atoms with Crippen LogP contribution in [0.5, 0.6) is 0 Å². The third-order valence-corrected chi connectivity index (χ3v) is 3.35. The summed E-state index contributed by atoms with van der Waals surface area (Å²) in [5, 5.41) is 14.6. The molecule has 0 saturated carbocycles. The molecule has 1 aromatic rings. The van der Waals surface area contributed by atoms with Crippen LogP contribution >= 0.6 is 0 Å². The average molecular weight is 278 g/mol. The molecule has 0 saturated heterocycles. The van der Waals surface area contributed by atoms with Gasteiger partial charge in [-0.05, 0) is 17.5 Å². The van der Waals surface area contributed by atoms with Gasteiger partial charge in [0.1, 0.15) is 0 Å². The molecule has 0 bridgehead atoms. The van der Waals surface area contributed by atoms with Crippen molar-refractivity contribution in [3.63, 3.8) is 0 Å². The van der Waals surface area contributed by atoms with Gasteiger partial charge in [-0.15, -0.1) is 0 Å². The summed E-state index contributed by atoms with van der Waals surface area (Å²) in [7, 11) is 1.40. The van der Waals surface area contributed by atoms with E-state index in [1.807, 2.05) is 24.3 Å². The van der Waals surface area contributed by atoms with E-state index in [2.05, 4.69) is 10.6 Å². The molecule has 1 aromatic carbocycles. The number of amides is 1. The van der Waals surface area contributed by atoms with Crippen molar-refractivity contribution in [3.05, 3.63) is 35.4 Å². The molecule has 2 atom stereocenters. The van der Waals surface area contributed by atoms with E-state index < -0.39 is 18.1 Å². The van der Waals surface area contributed by atoms with Gasteiger partial charge in [0.05, 0.1) is 12.6 Å². The molecular formula is C14H18N2O4. The van der Waals surface area contributed by atoms with Crippen molar-refractivity contribution in [1.82, 2.24) is 10.6 Å². The number of ether oxygens (including phenoxy) is 1. The molecule has 0 fully saturated rings. The van der Waals surface area contributed by atoms with Crippen molar-refractivity contribution in [3.8, 4) is 0 Å². The number of carbonyl (C=O) groups excluding carboxylic acids is 1. The lowest BCUT2D eigenvalue weighted by Gasteiger charge is -2.26. The second-order valence-electron chi connectivity index (χ2n) is 4.76. The van der Waals surface area contributed by atoms with Crippen LogP contribution in [0.3, 0.4) is 0 Å². The van der Waals surface area contributed by atoms with E-state index in [0.29, 0.717) is 13.0 Å². The van der Waals surface area contributed by atoms with E-state index in [-0.39, 0.29) is 12.5 Å². The zero-order valence-electron chi connectivity index (χ0n) is 11.3. The predicted octanol–water partition coefficient (Wildman–Crippen LogP) is -0.0833. The first kappa shape index (κ1) is 14.5. The maximum atomic E-state index is 12.1. The summed E-state index contributed by atoms with van der Waals surface area (Å²) in [6.45, 7) is 0.556. The number of methoxy groups -OCH3 is 1. The van der Waals surface area contributed by atoms with E-state index in [1.165, 1.54) is 12.7 Å². The highest BCUT2D eigenvalue weighted by Crippen LogP contribution is 2.16. The van der Waals surface area contributed by atoms with Gasteiger partial charge in [0, 0.05) is 13.7 Å². The van der Waals surface area contributed by atoms with Crippen LogP contribution in [0.2, 0.25) is 0 Å². The van der Waals surface area contributed by atoms with Gasteiger partial charge >= 0.3 is 5.97 Å². The third kappa shape index (κ3) is 3.34. The summed E-state index contributed by atoms with van der Waals surface area (Å²) < 4.78 is 4.79. The lowest BCUT2D eigenvalue weighted by molar-refractivity contribution is -0.143. The summed E-state index contributed by atoms with van der Waals surface area (Å²) in [4.78, 5) is 23.1. The molecule has 20 heavy (non-hydrogen) atoms. The highest BCUT2D eigenvalue weighted by atomic mass is 16.5. The number of nitrogens with one attached hydrogen (secondary N) is 2. The van der Waals surface area contributed by atoms with Crippen molar-refractivity contribution in [2.45, 2.75) is 25.0 Å². The standard InChI is InChI=1S/C14H18N2O4/c1-20-8-12(14(18)19)16-13(17)11-6-9-4-2-3-5-10(9)7-15-11/h2-5,11-12,15H,6-8H2,1H3,(H,16,17)(H,18,19)/t11-,12?/m0/s1. The Morgan fingerprint density at radius 2 is 2.15 bits per heavy atom. The lowest BCUT2D eigenvalue weighted by atomic mass is 9.95. The Labute approximate surface area is 117 Å². The monoisotopic (exact) mass is 278 g/mol. The van der Waals surface area contributed by atoms with Crippen LogP contribution in [0.25, 0.3) is 0 Å². The van der Waals surface area contributed by atoms with Gasteiger partial charge < -0.3 is 20.5 Å². The molecule has 0 aromatic heterocycles. The van der Waals surface area contributed by atoms with Crippen LogP contribution in [-0.2, 0) is 27.3 Å². The largest absolute Gasteiger partial charge is 0.480 e. The Morgan fingerprint density at radius 3 is 2.80 bits per heavy atom. The number of aliphatic carboxylic acids is 1. The number of hydrogen-bond donors (Lipinski definition) is 3. The first-order chi connectivity index (χ1) is 9.61. The van der Waals surface area contributed by atoms with Gasteiger partial charge in [-0.2, -0.15) is 0 Å². The molecule has 0 spiro atoms. The maximum absolute atomic E-state index is 12.1.